The molecule has 0 heterocycles. The monoisotopic (exact) mass is 278 g/mol. The molecule has 0 saturated heterocycles. The zero-order chi connectivity index (χ0) is 15.0. The lowest BCUT2D eigenvalue weighted by molar-refractivity contribution is 0.102. The Bertz CT molecular complexity index is 682. The molecule has 0 N–H and O–H groups in total. The van der Waals surface area contributed by atoms with Gasteiger partial charge in [0.2, 0.25) is 5.78 Å². The number of hydrogen-bond acceptors (Lipinski definition) is 1. The fourth-order valence-electron chi connectivity index (χ4n) is 2.19. The van der Waals surface area contributed by atoms with Crippen LogP contribution in [0.4, 0.5) is 13.2 Å². The first-order valence-corrected chi connectivity index (χ1v) is 6.09. The molecule has 0 aliphatic heterocycles. The van der Waals surface area contributed by atoms with Crippen molar-refractivity contribution in [3.05, 3.63) is 69.5 Å². The first kappa shape index (κ1) is 14.3. The van der Waals surface area contributed by atoms with Crippen molar-refractivity contribution in [1.82, 2.24) is 0 Å². The zero-order valence-electron chi connectivity index (χ0n) is 11.4. The first-order chi connectivity index (χ1) is 9.32. The van der Waals surface area contributed by atoms with Gasteiger partial charge in [-0.25, -0.2) is 13.2 Å². The number of hydrogen-bond donors (Lipinski definition) is 0. The Morgan fingerprint density at radius 1 is 0.850 bits per heavy atom. The van der Waals surface area contributed by atoms with E-state index in [9.17, 15) is 18.0 Å². The second-order valence-corrected chi connectivity index (χ2v) is 4.82. The van der Waals surface area contributed by atoms with Gasteiger partial charge in [0.25, 0.3) is 0 Å². The van der Waals surface area contributed by atoms with E-state index >= 15 is 0 Å². The molecule has 0 saturated carbocycles. The second kappa shape index (κ2) is 5.12. The van der Waals surface area contributed by atoms with Crippen LogP contribution >= 0.6 is 0 Å². The van der Waals surface area contributed by atoms with Gasteiger partial charge in [-0.05, 0) is 49.6 Å². The highest BCUT2D eigenvalue weighted by Gasteiger charge is 2.24. The normalized spacial score (nSPS) is 10.7. The Hall–Kier alpha value is -2.10. The van der Waals surface area contributed by atoms with Crippen LogP contribution in [0.3, 0.4) is 0 Å². The molecule has 104 valence electrons. The predicted octanol–water partition coefficient (Wildman–Crippen LogP) is 4.26. The van der Waals surface area contributed by atoms with E-state index in [1.807, 2.05) is 0 Å². The van der Waals surface area contributed by atoms with Gasteiger partial charge in [-0.3, -0.25) is 4.79 Å². The second-order valence-electron chi connectivity index (χ2n) is 4.82. The molecule has 0 aliphatic rings. The molecule has 0 atom stereocenters. The maximum absolute atomic E-state index is 14.0. The molecule has 0 amide bonds. The van der Waals surface area contributed by atoms with Gasteiger partial charge in [0, 0.05) is 0 Å². The molecule has 0 fully saturated rings. The predicted molar refractivity (Wildman–Crippen MR) is 70.4 cm³/mol. The summed E-state index contributed by atoms with van der Waals surface area (Å²) in [5.41, 5.74) is 0.129. The van der Waals surface area contributed by atoms with Crippen molar-refractivity contribution in [2.75, 3.05) is 0 Å². The van der Waals surface area contributed by atoms with E-state index < -0.39 is 28.8 Å². The Kier molecular flexibility index (Phi) is 3.66. The molecule has 0 aromatic heterocycles. The molecular formula is C16H13F3O. The molecule has 0 spiro atoms. The van der Waals surface area contributed by atoms with Crippen molar-refractivity contribution >= 4 is 5.78 Å². The van der Waals surface area contributed by atoms with Crippen LogP contribution in [0, 0.1) is 38.2 Å². The summed E-state index contributed by atoms with van der Waals surface area (Å²) >= 11 is 0. The number of ketones is 1. The number of halogens is 3. The Balaban J connectivity index is 2.67. The number of carbonyl (C=O) groups excluding carboxylic acids is 1. The third-order valence-electron chi connectivity index (χ3n) is 3.17. The third-order valence-corrected chi connectivity index (χ3v) is 3.17. The Labute approximate surface area is 115 Å². The van der Waals surface area contributed by atoms with Crippen LogP contribution < -0.4 is 0 Å². The van der Waals surface area contributed by atoms with E-state index in [1.165, 1.54) is 26.0 Å². The first-order valence-electron chi connectivity index (χ1n) is 6.09. The fraction of sp³-hybridized carbons (Fsp3) is 0.188. The molecular weight excluding hydrogens is 265 g/mol. The van der Waals surface area contributed by atoms with E-state index in [0.717, 1.165) is 6.07 Å². The van der Waals surface area contributed by atoms with E-state index in [-0.39, 0.29) is 11.1 Å². The van der Waals surface area contributed by atoms with Crippen molar-refractivity contribution in [2.45, 2.75) is 20.8 Å². The van der Waals surface area contributed by atoms with Crippen LogP contribution in [-0.2, 0) is 0 Å². The van der Waals surface area contributed by atoms with Crippen molar-refractivity contribution in [3.8, 4) is 0 Å². The van der Waals surface area contributed by atoms with Gasteiger partial charge >= 0.3 is 0 Å². The molecule has 2 aromatic rings. The summed E-state index contributed by atoms with van der Waals surface area (Å²) in [6.07, 6.45) is 0. The van der Waals surface area contributed by atoms with Crippen LogP contribution in [0.1, 0.15) is 32.6 Å². The van der Waals surface area contributed by atoms with Gasteiger partial charge in [-0.1, -0.05) is 12.1 Å². The van der Waals surface area contributed by atoms with E-state index in [4.69, 9.17) is 0 Å². The molecule has 0 radical (unpaired) electrons. The van der Waals surface area contributed by atoms with Crippen molar-refractivity contribution in [1.29, 1.82) is 0 Å². The smallest absolute Gasteiger partial charge is 0.202 e. The average Bonchev–Trinajstić information content (AvgIpc) is 2.33. The fourth-order valence-corrected chi connectivity index (χ4v) is 2.19. The molecule has 0 aliphatic carbocycles. The van der Waals surface area contributed by atoms with Crippen LogP contribution in [0.15, 0.2) is 24.3 Å². The molecule has 2 aromatic carbocycles. The highest BCUT2D eigenvalue weighted by molar-refractivity contribution is 6.10. The van der Waals surface area contributed by atoms with Gasteiger partial charge in [-0.2, -0.15) is 0 Å². The standard InChI is InChI=1S/C16H13F3O/c1-8-6-10(3)13(12(18)7-8)16(20)14-11(17)5-4-9(2)15(14)19/h4-7H,1-3H3. The minimum Gasteiger partial charge on any atom is -0.288 e. The summed E-state index contributed by atoms with van der Waals surface area (Å²) in [5.74, 6) is -3.68. The van der Waals surface area contributed by atoms with Gasteiger partial charge in [0.1, 0.15) is 17.5 Å². The maximum Gasteiger partial charge on any atom is 0.202 e. The maximum atomic E-state index is 14.0. The lowest BCUT2D eigenvalue weighted by Gasteiger charge is -2.10. The molecule has 20 heavy (non-hydrogen) atoms. The van der Waals surface area contributed by atoms with Gasteiger partial charge in [-0.15, -0.1) is 0 Å². The highest BCUT2D eigenvalue weighted by atomic mass is 19.1. The molecule has 4 heteroatoms. The Morgan fingerprint density at radius 2 is 1.50 bits per heavy atom. The van der Waals surface area contributed by atoms with Gasteiger partial charge < -0.3 is 0 Å². The summed E-state index contributed by atoms with van der Waals surface area (Å²) in [5, 5.41) is 0. The topological polar surface area (TPSA) is 17.1 Å². The van der Waals surface area contributed by atoms with Crippen molar-refractivity contribution in [2.24, 2.45) is 0 Å². The number of benzene rings is 2. The van der Waals surface area contributed by atoms with E-state index in [0.29, 0.717) is 11.1 Å². The minimum absolute atomic E-state index is 0.139. The molecule has 2 rings (SSSR count). The number of aryl methyl sites for hydroxylation is 3. The zero-order valence-corrected chi connectivity index (χ0v) is 11.4. The lowest BCUT2D eigenvalue weighted by atomic mass is 9.95. The van der Waals surface area contributed by atoms with Crippen molar-refractivity contribution < 1.29 is 18.0 Å². The molecule has 0 bridgehead atoms. The van der Waals surface area contributed by atoms with Crippen LogP contribution in [0.5, 0.6) is 0 Å². The van der Waals surface area contributed by atoms with Crippen LogP contribution in [0.2, 0.25) is 0 Å². The Morgan fingerprint density at radius 3 is 2.10 bits per heavy atom. The van der Waals surface area contributed by atoms with Gasteiger partial charge in [0.15, 0.2) is 0 Å². The van der Waals surface area contributed by atoms with Crippen LogP contribution in [0.25, 0.3) is 0 Å². The highest BCUT2D eigenvalue weighted by Crippen LogP contribution is 2.24. The molecule has 0 unspecified atom stereocenters. The summed E-state index contributed by atoms with van der Waals surface area (Å²) in [4.78, 5) is 12.3. The quantitative estimate of drug-likeness (QED) is 0.750. The minimum atomic E-state index is -0.988. The summed E-state index contributed by atoms with van der Waals surface area (Å²) in [6, 6.07) is 5.01. The number of rotatable bonds is 2. The summed E-state index contributed by atoms with van der Waals surface area (Å²) < 4.78 is 41.6. The van der Waals surface area contributed by atoms with Crippen LogP contribution in [-0.4, -0.2) is 5.78 Å². The largest absolute Gasteiger partial charge is 0.288 e. The lowest BCUT2D eigenvalue weighted by Crippen LogP contribution is -2.12. The number of carbonyl (C=O) groups is 1. The SMILES string of the molecule is Cc1cc(C)c(C(=O)c2c(F)ccc(C)c2F)c(F)c1. The summed E-state index contributed by atoms with van der Waals surface area (Å²) in [7, 11) is 0. The van der Waals surface area contributed by atoms with E-state index in [2.05, 4.69) is 0 Å². The van der Waals surface area contributed by atoms with Crippen molar-refractivity contribution in [3.63, 3.8) is 0 Å². The summed E-state index contributed by atoms with van der Waals surface area (Å²) in [6.45, 7) is 4.64. The average molecular weight is 278 g/mol. The van der Waals surface area contributed by atoms with E-state index in [1.54, 1.807) is 13.0 Å². The van der Waals surface area contributed by atoms with Gasteiger partial charge in [0.05, 0.1) is 11.1 Å². The molecule has 1 nitrogen and oxygen atoms in total. The third kappa shape index (κ3) is 2.33.